The Morgan fingerprint density at radius 2 is 1.83 bits per heavy atom. The maximum Gasteiger partial charge on any atom is 0.332 e. The maximum atomic E-state index is 14.9. The minimum absolute atomic E-state index is 0.0980. The van der Waals surface area contributed by atoms with Crippen LogP contribution in [0.2, 0.25) is 0 Å². The number of thiazole rings is 1. The first kappa shape index (κ1) is 42.4. The zero-order valence-electron chi connectivity index (χ0n) is 34.8. The summed E-state index contributed by atoms with van der Waals surface area (Å²) in [5.74, 6) is 1.29. The summed E-state index contributed by atoms with van der Waals surface area (Å²) < 4.78 is 23.3. The minimum atomic E-state index is -1.12. The number of amides is 3. The second-order valence-electron chi connectivity index (χ2n) is 15.6. The quantitative estimate of drug-likeness (QED) is 0.0597. The monoisotopic (exact) mass is 811 g/mol. The molecule has 3 amide bonds. The van der Waals surface area contributed by atoms with Crippen LogP contribution in [-0.2, 0) is 20.9 Å². The lowest BCUT2D eigenvalue weighted by Gasteiger charge is -2.32. The second kappa shape index (κ2) is 18.6. The number of nitrogens with zero attached hydrogens (tertiary/aromatic N) is 4. The number of ether oxygens (including phenoxy) is 4. The van der Waals surface area contributed by atoms with Crippen molar-refractivity contribution < 1.29 is 33.3 Å². The number of unbranched alkanes of at least 4 members (excludes halogenated alkanes) is 3. The Labute approximate surface area is 345 Å². The lowest BCUT2D eigenvalue weighted by Crippen LogP contribution is -2.55. The third-order valence-electron chi connectivity index (χ3n) is 11.2. The molecule has 4 aromatic rings. The number of allylic oxidation sites excluding steroid dienone is 1. The molecule has 4 atom stereocenters. The normalized spacial score (nSPS) is 19.9. The fourth-order valence-electron chi connectivity index (χ4n) is 7.64. The first-order valence-electron chi connectivity index (χ1n) is 20.3. The summed E-state index contributed by atoms with van der Waals surface area (Å²) in [6, 6.07) is 12.2. The van der Waals surface area contributed by atoms with E-state index in [-0.39, 0.29) is 37.4 Å². The van der Waals surface area contributed by atoms with Crippen LogP contribution in [0, 0.1) is 12.8 Å². The Morgan fingerprint density at radius 1 is 1.07 bits per heavy atom. The summed E-state index contributed by atoms with van der Waals surface area (Å²) in [6.07, 6.45) is 5.61. The summed E-state index contributed by atoms with van der Waals surface area (Å²) in [4.78, 5) is 55.8. The van der Waals surface area contributed by atoms with Crippen molar-refractivity contribution in [3.05, 3.63) is 77.3 Å². The Hall–Kier alpha value is -5.17. The van der Waals surface area contributed by atoms with Crippen LogP contribution < -0.4 is 19.5 Å². The SMILES string of the molecule is C=CCCCCCN(Cc1ccc(OC)cc1)C(=O)N1C[C@H](Oc2cc(-c3nc(C(C)C)cs3)nc3c(C)c(OC)ccc23)C[C@H]1C(=O)N[C@]1(C(=O)OCC)C[C@H]1C. The molecule has 58 heavy (non-hydrogen) atoms. The first-order chi connectivity index (χ1) is 27.9. The van der Waals surface area contributed by atoms with Gasteiger partial charge >= 0.3 is 12.0 Å². The van der Waals surface area contributed by atoms with Crippen molar-refractivity contribution in [2.24, 2.45) is 5.92 Å². The van der Waals surface area contributed by atoms with Gasteiger partial charge in [-0.25, -0.2) is 19.6 Å². The number of hydrogen-bond acceptors (Lipinski definition) is 10. The third-order valence-corrected chi connectivity index (χ3v) is 12.1. The van der Waals surface area contributed by atoms with Crippen molar-refractivity contribution in [1.82, 2.24) is 25.1 Å². The Morgan fingerprint density at radius 3 is 2.47 bits per heavy atom. The topological polar surface area (TPSA) is 132 Å². The number of aryl methyl sites for hydroxylation is 1. The van der Waals surface area contributed by atoms with Gasteiger partial charge in [-0.1, -0.05) is 45.4 Å². The maximum absolute atomic E-state index is 14.9. The van der Waals surface area contributed by atoms with Crippen LogP contribution in [0.15, 0.2) is 60.5 Å². The van der Waals surface area contributed by atoms with Crippen LogP contribution in [0.3, 0.4) is 0 Å². The minimum Gasteiger partial charge on any atom is -0.497 e. The number of hydrogen-bond donors (Lipinski definition) is 1. The molecule has 2 aromatic carbocycles. The number of carbonyl (C=O) groups excluding carboxylic acids is 3. The number of carbonyl (C=O) groups is 3. The van der Waals surface area contributed by atoms with E-state index in [0.717, 1.165) is 64.2 Å². The van der Waals surface area contributed by atoms with Gasteiger partial charge in [-0.05, 0) is 81.2 Å². The highest BCUT2D eigenvalue weighted by atomic mass is 32.1. The number of likely N-dealkylation sites (tertiary alicyclic amines) is 1. The van der Waals surface area contributed by atoms with Crippen molar-refractivity contribution in [1.29, 1.82) is 0 Å². The van der Waals surface area contributed by atoms with Crippen LogP contribution in [0.25, 0.3) is 21.6 Å². The van der Waals surface area contributed by atoms with Crippen LogP contribution in [0.1, 0.15) is 89.0 Å². The zero-order chi connectivity index (χ0) is 41.6. The fraction of sp³-hybridized carbons (Fsp3) is 0.489. The van der Waals surface area contributed by atoms with Gasteiger partial charge in [-0.3, -0.25) is 4.79 Å². The third kappa shape index (κ3) is 9.25. The van der Waals surface area contributed by atoms with E-state index in [1.807, 2.05) is 67.3 Å². The first-order valence-corrected chi connectivity index (χ1v) is 21.2. The van der Waals surface area contributed by atoms with Crippen molar-refractivity contribution in [3.63, 3.8) is 0 Å². The lowest BCUT2D eigenvalue weighted by molar-refractivity contribution is -0.149. The molecule has 1 saturated heterocycles. The number of nitrogens with one attached hydrogen (secondary N) is 1. The molecule has 2 aliphatic rings. The molecule has 1 N–H and O–H groups in total. The van der Waals surface area contributed by atoms with Gasteiger partial charge in [0, 0.05) is 41.9 Å². The standard InChI is InChI=1S/C45H57N5O7S/c1-9-11-12-13-14-21-49(25-31-15-17-32(54-7)18-16-31)44(53)50-26-33(22-37(50)41(51)48-45(24-29(45)5)43(52)56-10-2)57-39-23-35(42-47-36(27-58-42)28(3)4)46-40-30(6)38(55-8)20-19-34(39)40/h9,15-20,23,27-29,33,37H,1,10-14,21-22,24-26H2,2-8H3,(H,48,51)/t29-,33-,37+,45-/m1/s1. The number of methoxy groups -OCH3 is 2. The van der Waals surface area contributed by atoms with E-state index in [1.54, 1.807) is 26.0 Å². The van der Waals surface area contributed by atoms with Crippen LogP contribution >= 0.6 is 11.3 Å². The van der Waals surface area contributed by atoms with E-state index < -0.39 is 29.6 Å². The average molecular weight is 812 g/mol. The van der Waals surface area contributed by atoms with Crippen molar-refractivity contribution >= 4 is 40.1 Å². The number of fused-ring (bicyclic) bond motifs is 1. The molecule has 2 aromatic heterocycles. The van der Waals surface area contributed by atoms with Gasteiger partial charge in [0.15, 0.2) is 0 Å². The number of urea groups is 1. The summed E-state index contributed by atoms with van der Waals surface area (Å²) in [5, 5.41) is 6.63. The molecular weight excluding hydrogens is 755 g/mol. The molecule has 0 unspecified atom stereocenters. The van der Waals surface area contributed by atoms with Gasteiger partial charge in [0.2, 0.25) is 5.91 Å². The summed E-state index contributed by atoms with van der Waals surface area (Å²) >= 11 is 1.53. The zero-order valence-corrected chi connectivity index (χ0v) is 35.7. The highest BCUT2D eigenvalue weighted by Gasteiger charge is 2.61. The van der Waals surface area contributed by atoms with Crippen LogP contribution in [0.4, 0.5) is 4.79 Å². The van der Waals surface area contributed by atoms with Gasteiger partial charge in [0.1, 0.15) is 45.6 Å². The molecule has 13 heteroatoms. The highest BCUT2D eigenvalue weighted by Crippen LogP contribution is 2.45. The summed E-state index contributed by atoms with van der Waals surface area (Å²) in [5.41, 5.74) is 3.04. The molecule has 0 spiro atoms. The van der Waals surface area contributed by atoms with Crippen LogP contribution in [-0.4, -0.2) is 89.3 Å². The number of benzene rings is 2. The van der Waals surface area contributed by atoms with E-state index >= 15 is 0 Å². The van der Waals surface area contributed by atoms with E-state index in [1.165, 1.54) is 11.3 Å². The molecular formula is C45H57N5O7S. The van der Waals surface area contributed by atoms with Gasteiger partial charge in [0.25, 0.3) is 0 Å². The Kier molecular flexibility index (Phi) is 13.6. The molecule has 2 fully saturated rings. The van der Waals surface area contributed by atoms with Gasteiger partial charge < -0.3 is 34.1 Å². The van der Waals surface area contributed by atoms with E-state index in [4.69, 9.17) is 28.9 Å². The molecule has 310 valence electrons. The van der Waals surface area contributed by atoms with Crippen molar-refractivity contribution in [3.8, 4) is 28.0 Å². The highest BCUT2D eigenvalue weighted by molar-refractivity contribution is 7.13. The largest absolute Gasteiger partial charge is 0.497 e. The van der Waals surface area contributed by atoms with Crippen molar-refractivity contribution in [2.45, 2.75) is 103 Å². The fourth-order valence-corrected chi connectivity index (χ4v) is 8.58. The average Bonchev–Trinajstić information content (AvgIpc) is 3.53. The van der Waals surface area contributed by atoms with E-state index in [9.17, 15) is 14.4 Å². The molecule has 6 rings (SSSR count). The molecule has 12 nitrogen and oxygen atoms in total. The van der Waals surface area contributed by atoms with E-state index in [0.29, 0.717) is 36.7 Å². The van der Waals surface area contributed by atoms with Gasteiger partial charge in [-0.2, -0.15) is 0 Å². The molecule has 1 saturated carbocycles. The number of rotatable bonds is 18. The molecule has 0 bridgehead atoms. The molecule has 0 radical (unpaired) electrons. The van der Waals surface area contributed by atoms with Gasteiger partial charge in [0.05, 0.1) is 38.6 Å². The van der Waals surface area contributed by atoms with Crippen molar-refractivity contribution in [2.75, 3.05) is 33.9 Å². The second-order valence-corrected chi connectivity index (χ2v) is 16.5. The predicted octanol–water partition coefficient (Wildman–Crippen LogP) is 8.46. The summed E-state index contributed by atoms with van der Waals surface area (Å²) in [6.45, 7) is 14.9. The smallest absolute Gasteiger partial charge is 0.332 e. The summed E-state index contributed by atoms with van der Waals surface area (Å²) in [7, 11) is 3.25. The van der Waals surface area contributed by atoms with Gasteiger partial charge in [-0.15, -0.1) is 17.9 Å². The Balaban J connectivity index is 1.35. The lowest BCUT2D eigenvalue weighted by atomic mass is 10.1. The van der Waals surface area contributed by atoms with E-state index in [2.05, 4.69) is 31.1 Å². The number of pyridine rings is 1. The molecule has 3 heterocycles. The number of esters is 1. The Bertz CT molecular complexity index is 2100. The molecule has 1 aliphatic carbocycles. The predicted molar refractivity (Wildman–Crippen MR) is 227 cm³/mol. The van der Waals surface area contributed by atoms with Crippen LogP contribution in [0.5, 0.6) is 17.2 Å². The number of aromatic nitrogens is 2. The molecule has 1 aliphatic heterocycles.